The molecule has 3 fully saturated rings. The minimum Gasteiger partial charge on any atom is -0.382 e. The van der Waals surface area contributed by atoms with Crippen LogP contribution in [-0.4, -0.2) is 73.0 Å². The Balaban J connectivity index is 1.00. The molecule has 3 heterocycles. The van der Waals surface area contributed by atoms with Gasteiger partial charge < -0.3 is 20.2 Å². The van der Waals surface area contributed by atoms with Gasteiger partial charge in [0.2, 0.25) is 0 Å². The lowest BCUT2D eigenvalue weighted by Gasteiger charge is -2.36. The van der Waals surface area contributed by atoms with E-state index < -0.39 is 18.0 Å². The summed E-state index contributed by atoms with van der Waals surface area (Å²) >= 11 is 0. The van der Waals surface area contributed by atoms with Crippen LogP contribution in [-0.2, 0) is 11.6 Å². The molecule has 2 aromatic rings. The predicted molar refractivity (Wildman–Crippen MR) is 160 cm³/mol. The Kier molecular flexibility index (Phi) is 9.08. The van der Waals surface area contributed by atoms with Crippen molar-refractivity contribution in [2.45, 2.75) is 70.3 Å². The summed E-state index contributed by atoms with van der Waals surface area (Å²) in [6.07, 6.45) is -1.91. The number of aliphatic hydroxyl groups excluding tert-OH is 1. The van der Waals surface area contributed by atoms with E-state index in [1.54, 1.807) is 6.07 Å². The van der Waals surface area contributed by atoms with Gasteiger partial charge in [-0.15, -0.1) is 0 Å². The first kappa shape index (κ1) is 30.7. The van der Waals surface area contributed by atoms with E-state index in [2.05, 4.69) is 65.1 Å². The maximum absolute atomic E-state index is 13.3. The first-order valence-electron chi connectivity index (χ1n) is 15.3. The minimum absolute atomic E-state index is 0.0301. The standard InChI is InChI=1S/C33H44F3N5O/c1-32(2,3)26-7-10-29(11-8-26)41-21-24-19-39(20-25(24)22-41)14-4-5-31(42)40-15-12-27(13-16-40)38-28-9-6-23(18-37)30(17-28)33(34,35)36/h6-11,17,24-25,27,31,38,42H,4-5,12-16,19-22H2,1-3H3. The second-order valence-electron chi connectivity index (χ2n) is 13.4. The molecule has 2 aromatic carbocycles. The van der Waals surface area contributed by atoms with Gasteiger partial charge in [-0.05, 0) is 85.4 Å². The van der Waals surface area contributed by atoms with Gasteiger partial charge in [0, 0.05) is 56.7 Å². The maximum atomic E-state index is 13.3. The average molecular weight is 584 g/mol. The van der Waals surface area contributed by atoms with Crippen LogP contribution in [0.4, 0.5) is 24.5 Å². The van der Waals surface area contributed by atoms with Crippen molar-refractivity contribution in [2.75, 3.05) is 56.0 Å². The number of hydrogen-bond acceptors (Lipinski definition) is 6. The molecular weight excluding hydrogens is 539 g/mol. The molecular formula is C33H44F3N5O. The summed E-state index contributed by atoms with van der Waals surface area (Å²) in [5, 5.41) is 23.0. The van der Waals surface area contributed by atoms with Crippen molar-refractivity contribution in [1.82, 2.24) is 9.80 Å². The van der Waals surface area contributed by atoms with Crippen LogP contribution in [0.25, 0.3) is 0 Å². The zero-order valence-corrected chi connectivity index (χ0v) is 25.0. The molecule has 3 unspecified atom stereocenters. The molecule has 0 spiro atoms. The van der Waals surface area contributed by atoms with Gasteiger partial charge in [0.15, 0.2) is 0 Å². The van der Waals surface area contributed by atoms with Gasteiger partial charge >= 0.3 is 6.18 Å². The molecule has 228 valence electrons. The molecule has 2 N–H and O–H groups in total. The van der Waals surface area contributed by atoms with Gasteiger partial charge in [0.25, 0.3) is 0 Å². The zero-order chi connectivity index (χ0) is 30.1. The van der Waals surface area contributed by atoms with Crippen LogP contribution in [0.5, 0.6) is 0 Å². The topological polar surface area (TPSA) is 65.8 Å². The van der Waals surface area contributed by atoms with E-state index in [0.717, 1.165) is 64.5 Å². The highest BCUT2D eigenvalue weighted by Gasteiger charge is 2.40. The van der Waals surface area contributed by atoms with Crippen molar-refractivity contribution in [3.05, 3.63) is 59.2 Å². The molecule has 6 nitrogen and oxygen atoms in total. The van der Waals surface area contributed by atoms with Crippen molar-refractivity contribution in [3.8, 4) is 6.07 Å². The molecule has 3 aliphatic heterocycles. The van der Waals surface area contributed by atoms with Gasteiger partial charge in [-0.1, -0.05) is 32.9 Å². The fourth-order valence-electron chi connectivity index (χ4n) is 6.88. The van der Waals surface area contributed by atoms with Crippen LogP contribution in [0.1, 0.15) is 63.1 Å². The summed E-state index contributed by atoms with van der Waals surface area (Å²) in [5.41, 5.74) is 1.96. The first-order chi connectivity index (χ1) is 19.9. The quantitative estimate of drug-likeness (QED) is 0.403. The highest BCUT2D eigenvalue weighted by atomic mass is 19.4. The summed E-state index contributed by atoms with van der Waals surface area (Å²) in [7, 11) is 0. The Morgan fingerprint density at radius 3 is 2.19 bits per heavy atom. The molecule has 0 bridgehead atoms. The van der Waals surface area contributed by atoms with E-state index in [4.69, 9.17) is 5.26 Å². The number of alkyl halides is 3. The third-order valence-electron chi connectivity index (χ3n) is 9.36. The molecule has 0 aliphatic carbocycles. The molecule has 9 heteroatoms. The Hall–Kier alpha value is -2.80. The smallest absolute Gasteiger partial charge is 0.382 e. The normalized spacial score (nSPS) is 23.1. The van der Waals surface area contributed by atoms with E-state index in [0.29, 0.717) is 30.6 Å². The van der Waals surface area contributed by atoms with E-state index in [-0.39, 0.29) is 17.0 Å². The number of benzene rings is 2. The number of rotatable bonds is 8. The number of nitrogens with zero attached hydrogens (tertiary/aromatic N) is 4. The summed E-state index contributed by atoms with van der Waals surface area (Å²) in [6.45, 7) is 13.6. The Bertz CT molecular complexity index is 1230. The van der Waals surface area contributed by atoms with Crippen LogP contribution in [0.2, 0.25) is 0 Å². The lowest BCUT2D eigenvalue weighted by atomic mass is 9.87. The number of likely N-dealkylation sites (tertiary alicyclic amines) is 2. The number of aliphatic hydroxyl groups is 1. The van der Waals surface area contributed by atoms with E-state index in [1.165, 1.54) is 23.4 Å². The fourth-order valence-corrected chi connectivity index (χ4v) is 6.88. The van der Waals surface area contributed by atoms with Crippen molar-refractivity contribution < 1.29 is 18.3 Å². The van der Waals surface area contributed by atoms with E-state index >= 15 is 0 Å². The summed E-state index contributed by atoms with van der Waals surface area (Å²) in [6, 6.07) is 14.5. The number of nitriles is 1. The number of piperidine rings is 1. The van der Waals surface area contributed by atoms with E-state index in [9.17, 15) is 18.3 Å². The number of nitrogens with one attached hydrogen (secondary N) is 1. The number of halogens is 3. The monoisotopic (exact) mass is 583 g/mol. The molecule has 0 amide bonds. The molecule has 42 heavy (non-hydrogen) atoms. The van der Waals surface area contributed by atoms with Gasteiger partial charge in [-0.25, -0.2) is 0 Å². The number of fused-ring (bicyclic) bond motifs is 1. The highest BCUT2D eigenvalue weighted by molar-refractivity contribution is 5.53. The molecule has 0 radical (unpaired) electrons. The largest absolute Gasteiger partial charge is 0.417 e. The molecule has 5 rings (SSSR count). The summed E-state index contributed by atoms with van der Waals surface area (Å²) in [4.78, 5) is 7.18. The van der Waals surface area contributed by atoms with Gasteiger partial charge in [0.1, 0.15) is 6.23 Å². The molecule has 0 saturated carbocycles. The second kappa shape index (κ2) is 12.4. The molecule has 3 atom stereocenters. The van der Waals surface area contributed by atoms with E-state index in [1.807, 2.05) is 0 Å². The molecule has 0 aromatic heterocycles. The molecule has 3 aliphatic rings. The van der Waals surface area contributed by atoms with Gasteiger partial charge in [0.05, 0.1) is 17.2 Å². The van der Waals surface area contributed by atoms with Crippen LogP contribution in [0.15, 0.2) is 42.5 Å². The Morgan fingerprint density at radius 1 is 0.976 bits per heavy atom. The summed E-state index contributed by atoms with van der Waals surface area (Å²) in [5.74, 6) is 1.40. The molecule has 3 saturated heterocycles. The Morgan fingerprint density at radius 2 is 1.62 bits per heavy atom. The van der Waals surface area contributed by atoms with Crippen LogP contribution < -0.4 is 10.2 Å². The van der Waals surface area contributed by atoms with Crippen molar-refractivity contribution >= 4 is 11.4 Å². The average Bonchev–Trinajstić information content (AvgIpc) is 3.52. The number of anilines is 2. The van der Waals surface area contributed by atoms with Crippen LogP contribution in [0, 0.1) is 23.2 Å². The zero-order valence-electron chi connectivity index (χ0n) is 25.0. The second-order valence-corrected chi connectivity index (χ2v) is 13.4. The fraction of sp³-hybridized carbons (Fsp3) is 0.606. The maximum Gasteiger partial charge on any atom is 0.417 e. The first-order valence-corrected chi connectivity index (χ1v) is 15.3. The lowest BCUT2D eigenvalue weighted by molar-refractivity contribution is -0.137. The minimum atomic E-state index is -4.57. The highest BCUT2D eigenvalue weighted by Crippen LogP contribution is 2.36. The Labute approximate surface area is 248 Å². The van der Waals surface area contributed by atoms with Crippen LogP contribution in [0.3, 0.4) is 0 Å². The summed E-state index contributed by atoms with van der Waals surface area (Å²) < 4.78 is 39.9. The third-order valence-corrected chi connectivity index (χ3v) is 9.36. The van der Waals surface area contributed by atoms with Crippen molar-refractivity contribution in [2.24, 2.45) is 11.8 Å². The lowest BCUT2D eigenvalue weighted by Crippen LogP contribution is -2.44. The third kappa shape index (κ3) is 7.21. The van der Waals surface area contributed by atoms with Crippen LogP contribution >= 0.6 is 0 Å². The predicted octanol–water partition coefficient (Wildman–Crippen LogP) is 5.92. The SMILES string of the molecule is CC(C)(C)c1ccc(N2CC3CN(CCCC(O)N4CCC(Nc5ccc(C#N)c(C(F)(F)F)c5)CC4)CC3C2)cc1. The van der Waals surface area contributed by atoms with Gasteiger partial charge in [-0.3, -0.25) is 4.90 Å². The van der Waals surface area contributed by atoms with Crippen molar-refractivity contribution in [1.29, 1.82) is 5.26 Å². The van der Waals surface area contributed by atoms with Crippen molar-refractivity contribution in [3.63, 3.8) is 0 Å². The van der Waals surface area contributed by atoms with Gasteiger partial charge in [-0.2, -0.15) is 18.4 Å². The number of hydrogen-bond donors (Lipinski definition) is 2.